The van der Waals surface area contributed by atoms with Crippen molar-refractivity contribution in [1.29, 1.82) is 0 Å². The van der Waals surface area contributed by atoms with Crippen LogP contribution in [0, 0.1) is 5.92 Å². The van der Waals surface area contributed by atoms with E-state index in [-0.39, 0.29) is 30.4 Å². The summed E-state index contributed by atoms with van der Waals surface area (Å²) in [5, 5.41) is 8.51. The topological polar surface area (TPSA) is 70.2 Å². The molecule has 0 aliphatic carbocycles. The highest BCUT2D eigenvalue weighted by Gasteiger charge is 2.13. The summed E-state index contributed by atoms with van der Waals surface area (Å²) in [4.78, 5) is 23.0. The molecule has 0 aromatic rings. The van der Waals surface area contributed by atoms with E-state index in [4.69, 9.17) is 0 Å². The van der Waals surface area contributed by atoms with Crippen LogP contribution in [0.15, 0.2) is 0 Å². The Bertz CT molecular complexity index is 265. The van der Waals surface area contributed by atoms with Crippen molar-refractivity contribution >= 4 is 11.8 Å². The molecule has 2 amide bonds. The Labute approximate surface area is 110 Å². The molecule has 5 nitrogen and oxygen atoms in total. The lowest BCUT2D eigenvalue weighted by atomic mass is 10.1. The highest BCUT2D eigenvalue weighted by atomic mass is 16.2. The molecule has 0 aromatic carbocycles. The van der Waals surface area contributed by atoms with E-state index < -0.39 is 0 Å². The van der Waals surface area contributed by atoms with Gasteiger partial charge in [0.25, 0.3) is 0 Å². The zero-order valence-electron chi connectivity index (χ0n) is 12.2. The minimum atomic E-state index is -0.358. The lowest BCUT2D eigenvalue weighted by Gasteiger charge is -2.16. The van der Waals surface area contributed by atoms with E-state index in [1.54, 1.807) is 6.92 Å². The van der Waals surface area contributed by atoms with Crippen LogP contribution in [0.3, 0.4) is 0 Å². The molecule has 5 heteroatoms. The van der Waals surface area contributed by atoms with Gasteiger partial charge in [0.1, 0.15) is 0 Å². The first-order chi connectivity index (χ1) is 8.32. The second-order valence-electron chi connectivity index (χ2n) is 5.30. The lowest BCUT2D eigenvalue weighted by Crippen LogP contribution is -2.47. The quantitative estimate of drug-likeness (QED) is 0.598. The van der Waals surface area contributed by atoms with E-state index in [0.717, 1.165) is 6.42 Å². The standard InChI is InChI=1S/C13H27N3O2/c1-9(2)6-7-14-12(17)8-15-11(5)13(18)16-10(3)4/h9-11,15H,6-8H2,1-5H3,(H,14,17)(H,16,18). The maximum atomic E-state index is 11.6. The van der Waals surface area contributed by atoms with Crippen molar-refractivity contribution in [2.45, 2.75) is 53.1 Å². The molecule has 0 rings (SSSR count). The van der Waals surface area contributed by atoms with E-state index in [0.29, 0.717) is 12.5 Å². The van der Waals surface area contributed by atoms with Crippen molar-refractivity contribution in [3.8, 4) is 0 Å². The SMILES string of the molecule is CC(C)CCNC(=O)CNC(C)C(=O)NC(C)C. The Morgan fingerprint density at radius 1 is 1.06 bits per heavy atom. The van der Waals surface area contributed by atoms with Gasteiger partial charge in [0.2, 0.25) is 11.8 Å². The van der Waals surface area contributed by atoms with Crippen molar-refractivity contribution in [1.82, 2.24) is 16.0 Å². The molecule has 0 heterocycles. The van der Waals surface area contributed by atoms with E-state index in [1.807, 2.05) is 13.8 Å². The van der Waals surface area contributed by atoms with Crippen molar-refractivity contribution in [3.05, 3.63) is 0 Å². The third-order valence-corrected chi connectivity index (χ3v) is 2.44. The molecule has 0 saturated carbocycles. The predicted octanol–water partition coefficient (Wildman–Crippen LogP) is 0.651. The summed E-state index contributed by atoms with van der Waals surface area (Å²) in [6, 6.07) is -0.245. The number of nitrogens with one attached hydrogen (secondary N) is 3. The van der Waals surface area contributed by atoms with Crippen LogP contribution >= 0.6 is 0 Å². The van der Waals surface area contributed by atoms with Gasteiger partial charge >= 0.3 is 0 Å². The van der Waals surface area contributed by atoms with Crippen LogP contribution in [0.25, 0.3) is 0 Å². The molecule has 1 unspecified atom stereocenters. The van der Waals surface area contributed by atoms with Crippen LogP contribution in [0.4, 0.5) is 0 Å². The molecular weight excluding hydrogens is 230 g/mol. The lowest BCUT2D eigenvalue weighted by molar-refractivity contribution is -0.123. The van der Waals surface area contributed by atoms with Gasteiger partial charge in [-0.1, -0.05) is 13.8 Å². The molecular formula is C13H27N3O2. The Hall–Kier alpha value is -1.10. The zero-order valence-corrected chi connectivity index (χ0v) is 12.2. The van der Waals surface area contributed by atoms with Crippen molar-refractivity contribution in [3.63, 3.8) is 0 Å². The Balaban J connectivity index is 3.74. The maximum absolute atomic E-state index is 11.6. The Morgan fingerprint density at radius 3 is 2.17 bits per heavy atom. The summed E-state index contributed by atoms with van der Waals surface area (Å²) < 4.78 is 0. The molecule has 18 heavy (non-hydrogen) atoms. The van der Waals surface area contributed by atoms with Crippen LogP contribution in [0.1, 0.15) is 41.0 Å². The van der Waals surface area contributed by atoms with Gasteiger partial charge in [0.05, 0.1) is 12.6 Å². The van der Waals surface area contributed by atoms with Gasteiger partial charge in [-0.25, -0.2) is 0 Å². The summed E-state index contributed by atoms with van der Waals surface area (Å²) in [6.45, 7) is 10.6. The molecule has 0 aromatic heterocycles. The number of hydrogen-bond donors (Lipinski definition) is 3. The van der Waals surface area contributed by atoms with E-state index >= 15 is 0 Å². The molecule has 1 atom stereocenters. The number of rotatable bonds is 8. The molecule has 106 valence electrons. The second kappa shape index (κ2) is 8.91. The van der Waals surface area contributed by atoms with Gasteiger partial charge in [-0.05, 0) is 33.1 Å². The van der Waals surface area contributed by atoms with Gasteiger partial charge in [0, 0.05) is 12.6 Å². The van der Waals surface area contributed by atoms with Gasteiger partial charge < -0.3 is 10.6 Å². The van der Waals surface area contributed by atoms with Crippen molar-refractivity contribution in [2.75, 3.05) is 13.1 Å². The summed E-state index contributed by atoms with van der Waals surface area (Å²) in [5.74, 6) is 0.425. The van der Waals surface area contributed by atoms with E-state index in [2.05, 4.69) is 29.8 Å². The number of amides is 2. The highest BCUT2D eigenvalue weighted by Crippen LogP contribution is 1.95. The average Bonchev–Trinajstić information content (AvgIpc) is 2.24. The van der Waals surface area contributed by atoms with Crippen molar-refractivity contribution < 1.29 is 9.59 Å². The first-order valence-electron chi connectivity index (χ1n) is 6.63. The fourth-order valence-electron chi connectivity index (χ4n) is 1.31. The maximum Gasteiger partial charge on any atom is 0.237 e. The van der Waals surface area contributed by atoms with Crippen LogP contribution in [0.2, 0.25) is 0 Å². The molecule has 0 saturated heterocycles. The zero-order chi connectivity index (χ0) is 14.1. The van der Waals surface area contributed by atoms with Crippen LogP contribution < -0.4 is 16.0 Å². The average molecular weight is 257 g/mol. The third kappa shape index (κ3) is 8.98. The molecule has 0 radical (unpaired) electrons. The van der Waals surface area contributed by atoms with Gasteiger partial charge in [0.15, 0.2) is 0 Å². The summed E-state index contributed by atoms with van der Waals surface area (Å²) >= 11 is 0. The van der Waals surface area contributed by atoms with Crippen LogP contribution in [-0.4, -0.2) is 37.0 Å². The normalized spacial score (nSPS) is 12.6. The minimum absolute atomic E-state index is 0.0696. The van der Waals surface area contributed by atoms with Crippen molar-refractivity contribution in [2.24, 2.45) is 5.92 Å². The number of carbonyl (C=O) groups excluding carboxylic acids is 2. The minimum Gasteiger partial charge on any atom is -0.355 e. The largest absolute Gasteiger partial charge is 0.355 e. The van der Waals surface area contributed by atoms with Crippen LogP contribution in [-0.2, 0) is 9.59 Å². The Kier molecular flexibility index (Phi) is 8.37. The molecule has 0 bridgehead atoms. The number of carbonyl (C=O) groups is 2. The van der Waals surface area contributed by atoms with Gasteiger partial charge in [-0.15, -0.1) is 0 Å². The number of hydrogen-bond acceptors (Lipinski definition) is 3. The molecule has 0 aliphatic heterocycles. The first-order valence-corrected chi connectivity index (χ1v) is 6.63. The second-order valence-corrected chi connectivity index (χ2v) is 5.30. The smallest absolute Gasteiger partial charge is 0.237 e. The van der Waals surface area contributed by atoms with Gasteiger partial charge in [-0.2, -0.15) is 0 Å². The Morgan fingerprint density at radius 2 is 1.67 bits per heavy atom. The monoisotopic (exact) mass is 257 g/mol. The van der Waals surface area contributed by atoms with E-state index in [1.165, 1.54) is 0 Å². The fraction of sp³-hybridized carbons (Fsp3) is 0.846. The summed E-state index contributed by atoms with van der Waals surface area (Å²) in [6.07, 6.45) is 0.967. The molecule has 3 N–H and O–H groups in total. The summed E-state index contributed by atoms with van der Waals surface area (Å²) in [5.41, 5.74) is 0. The molecule has 0 spiro atoms. The molecule has 0 fully saturated rings. The summed E-state index contributed by atoms with van der Waals surface area (Å²) in [7, 11) is 0. The highest BCUT2D eigenvalue weighted by molar-refractivity contribution is 5.83. The molecule has 0 aliphatic rings. The van der Waals surface area contributed by atoms with Gasteiger partial charge in [-0.3, -0.25) is 14.9 Å². The predicted molar refractivity (Wildman–Crippen MR) is 73.2 cm³/mol. The van der Waals surface area contributed by atoms with Crippen LogP contribution in [0.5, 0.6) is 0 Å². The fourth-order valence-corrected chi connectivity index (χ4v) is 1.31. The third-order valence-electron chi connectivity index (χ3n) is 2.44. The first kappa shape index (κ1) is 16.9. The van der Waals surface area contributed by atoms with E-state index in [9.17, 15) is 9.59 Å².